The molecule has 1 fully saturated rings. The SMILES string of the molecule is COCCNCCCc1c(C)nc(C2(C)CC2)nc1C. The highest BCUT2D eigenvalue weighted by molar-refractivity contribution is 5.28. The first-order valence-electron chi connectivity index (χ1n) is 7.61. The molecular weight excluding hydrogens is 250 g/mol. The van der Waals surface area contributed by atoms with Gasteiger partial charge in [0, 0.05) is 30.5 Å². The van der Waals surface area contributed by atoms with Crippen molar-refractivity contribution in [3.05, 3.63) is 22.8 Å². The van der Waals surface area contributed by atoms with Crippen LogP contribution in [-0.4, -0.2) is 36.8 Å². The van der Waals surface area contributed by atoms with Crippen LogP contribution in [-0.2, 0) is 16.6 Å². The Labute approximate surface area is 122 Å². The third-order valence-electron chi connectivity index (χ3n) is 4.22. The molecule has 0 spiro atoms. The lowest BCUT2D eigenvalue weighted by Crippen LogP contribution is -2.21. The summed E-state index contributed by atoms with van der Waals surface area (Å²) in [6.07, 6.45) is 4.63. The highest BCUT2D eigenvalue weighted by atomic mass is 16.5. The van der Waals surface area contributed by atoms with E-state index in [4.69, 9.17) is 14.7 Å². The summed E-state index contributed by atoms with van der Waals surface area (Å²) in [5.74, 6) is 1.05. The van der Waals surface area contributed by atoms with Gasteiger partial charge in [0.15, 0.2) is 0 Å². The summed E-state index contributed by atoms with van der Waals surface area (Å²) < 4.78 is 5.01. The van der Waals surface area contributed by atoms with Gasteiger partial charge < -0.3 is 10.1 Å². The molecule has 0 aromatic carbocycles. The first-order valence-corrected chi connectivity index (χ1v) is 7.61. The van der Waals surface area contributed by atoms with Crippen LogP contribution in [0.3, 0.4) is 0 Å². The lowest BCUT2D eigenvalue weighted by atomic mass is 10.0. The summed E-state index contributed by atoms with van der Waals surface area (Å²) in [4.78, 5) is 9.49. The number of nitrogens with zero attached hydrogens (tertiary/aromatic N) is 2. The van der Waals surface area contributed by atoms with E-state index in [0.717, 1.165) is 49.8 Å². The highest BCUT2D eigenvalue weighted by Gasteiger charge is 2.42. The smallest absolute Gasteiger partial charge is 0.134 e. The van der Waals surface area contributed by atoms with E-state index in [9.17, 15) is 0 Å². The van der Waals surface area contributed by atoms with E-state index in [1.165, 1.54) is 18.4 Å². The summed E-state index contributed by atoms with van der Waals surface area (Å²) in [6, 6.07) is 0. The zero-order valence-electron chi connectivity index (χ0n) is 13.3. The largest absolute Gasteiger partial charge is 0.383 e. The standard InChI is InChI=1S/C16H27N3O/c1-12-14(6-5-9-17-10-11-20-4)13(2)19-15(18-12)16(3)7-8-16/h17H,5-11H2,1-4H3. The number of hydrogen-bond donors (Lipinski definition) is 1. The predicted octanol–water partition coefficient (Wildman–Crippen LogP) is 2.31. The Kier molecular flexibility index (Phi) is 5.11. The van der Waals surface area contributed by atoms with E-state index in [-0.39, 0.29) is 5.41 Å². The molecule has 1 heterocycles. The highest BCUT2D eigenvalue weighted by Crippen LogP contribution is 2.46. The van der Waals surface area contributed by atoms with E-state index in [1.807, 2.05) is 0 Å². The topological polar surface area (TPSA) is 47.0 Å². The molecule has 0 atom stereocenters. The summed E-state index contributed by atoms with van der Waals surface area (Å²) in [7, 11) is 1.73. The molecule has 0 unspecified atom stereocenters. The zero-order chi connectivity index (χ0) is 14.6. The maximum absolute atomic E-state index is 5.01. The fourth-order valence-corrected chi connectivity index (χ4v) is 2.47. The number of ether oxygens (including phenoxy) is 1. The van der Waals surface area contributed by atoms with Crippen LogP contribution in [0, 0.1) is 13.8 Å². The molecule has 1 aromatic heterocycles. The summed E-state index contributed by atoms with van der Waals surface area (Å²) in [5.41, 5.74) is 3.91. The number of nitrogens with one attached hydrogen (secondary N) is 1. The van der Waals surface area contributed by atoms with Crippen molar-refractivity contribution in [1.82, 2.24) is 15.3 Å². The first-order chi connectivity index (χ1) is 9.57. The molecule has 0 amide bonds. The van der Waals surface area contributed by atoms with Crippen LogP contribution >= 0.6 is 0 Å². The zero-order valence-corrected chi connectivity index (χ0v) is 13.3. The number of methoxy groups -OCH3 is 1. The third kappa shape index (κ3) is 3.76. The van der Waals surface area contributed by atoms with Gasteiger partial charge in [-0.15, -0.1) is 0 Å². The van der Waals surface area contributed by atoms with Gasteiger partial charge in [0.25, 0.3) is 0 Å². The van der Waals surface area contributed by atoms with Crippen LogP contribution in [0.15, 0.2) is 0 Å². The van der Waals surface area contributed by atoms with Crippen molar-refractivity contribution in [2.24, 2.45) is 0 Å². The van der Waals surface area contributed by atoms with E-state index >= 15 is 0 Å². The summed E-state index contributed by atoms with van der Waals surface area (Å²) in [5, 5.41) is 3.38. The average Bonchev–Trinajstić information content (AvgIpc) is 3.15. The molecular formula is C16H27N3O. The van der Waals surface area contributed by atoms with Gasteiger partial charge in [0.05, 0.1) is 6.61 Å². The minimum absolute atomic E-state index is 0.260. The molecule has 2 rings (SSSR count). The van der Waals surface area contributed by atoms with Crippen molar-refractivity contribution in [2.75, 3.05) is 26.8 Å². The molecule has 4 heteroatoms. The second kappa shape index (κ2) is 6.64. The van der Waals surface area contributed by atoms with Crippen molar-refractivity contribution in [1.29, 1.82) is 0 Å². The van der Waals surface area contributed by atoms with Crippen molar-refractivity contribution < 1.29 is 4.74 Å². The van der Waals surface area contributed by atoms with Gasteiger partial charge in [-0.2, -0.15) is 0 Å². The Hall–Kier alpha value is -1.00. The Morgan fingerprint density at radius 2 is 1.80 bits per heavy atom. The minimum atomic E-state index is 0.260. The quantitative estimate of drug-likeness (QED) is 0.741. The van der Waals surface area contributed by atoms with Crippen LogP contribution in [0.2, 0.25) is 0 Å². The van der Waals surface area contributed by atoms with Crippen LogP contribution in [0.25, 0.3) is 0 Å². The molecule has 112 valence electrons. The van der Waals surface area contributed by atoms with Crippen molar-refractivity contribution in [3.63, 3.8) is 0 Å². The molecule has 1 aliphatic rings. The predicted molar refractivity (Wildman–Crippen MR) is 81.2 cm³/mol. The number of aromatic nitrogens is 2. The van der Waals surface area contributed by atoms with Crippen LogP contribution in [0.4, 0.5) is 0 Å². The molecule has 20 heavy (non-hydrogen) atoms. The van der Waals surface area contributed by atoms with Gasteiger partial charge in [-0.1, -0.05) is 6.92 Å². The van der Waals surface area contributed by atoms with E-state index in [1.54, 1.807) is 7.11 Å². The first kappa shape index (κ1) is 15.4. The van der Waals surface area contributed by atoms with Crippen molar-refractivity contribution >= 4 is 0 Å². The number of rotatable bonds is 8. The number of hydrogen-bond acceptors (Lipinski definition) is 4. The minimum Gasteiger partial charge on any atom is -0.383 e. The maximum Gasteiger partial charge on any atom is 0.134 e. The molecule has 1 saturated carbocycles. The maximum atomic E-state index is 5.01. The Balaban J connectivity index is 1.88. The molecule has 0 radical (unpaired) electrons. The average molecular weight is 277 g/mol. The molecule has 0 saturated heterocycles. The van der Waals surface area contributed by atoms with E-state index in [2.05, 4.69) is 26.1 Å². The van der Waals surface area contributed by atoms with E-state index in [0.29, 0.717) is 0 Å². The van der Waals surface area contributed by atoms with Gasteiger partial charge >= 0.3 is 0 Å². The Bertz CT molecular complexity index is 432. The molecule has 1 aliphatic carbocycles. The third-order valence-corrected chi connectivity index (χ3v) is 4.22. The molecule has 0 aliphatic heterocycles. The molecule has 1 N–H and O–H groups in total. The summed E-state index contributed by atoms with van der Waals surface area (Å²) in [6.45, 7) is 9.22. The van der Waals surface area contributed by atoms with Crippen LogP contribution in [0.1, 0.15) is 49.0 Å². The van der Waals surface area contributed by atoms with E-state index < -0.39 is 0 Å². The van der Waals surface area contributed by atoms with Crippen molar-refractivity contribution in [3.8, 4) is 0 Å². The lowest BCUT2D eigenvalue weighted by Gasteiger charge is -2.14. The van der Waals surface area contributed by atoms with Gasteiger partial charge in [-0.05, 0) is 51.6 Å². The Morgan fingerprint density at radius 3 is 2.35 bits per heavy atom. The van der Waals surface area contributed by atoms with Crippen LogP contribution in [0.5, 0.6) is 0 Å². The lowest BCUT2D eigenvalue weighted by molar-refractivity contribution is 0.199. The normalized spacial score (nSPS) is 16.4. The fourth-order valence-electron chi connectivity index (χ4n) is 2.47. The second-order valence-corrected chi connectivity index (χ2v) is 6.10. The molecule has 0 bridgehead atoms. The van der Waals surface area contributed by atoms with Crippen LogP contribution < -0.4 is 5.32 Å². The second-order valence-electron chi connectivity index (χ2n) is 6.10. The van der Waals surface area contributed by atoms with Gasteiger partial charge in [-0.3, -0.25) is 0 Å². The van der Waals surface area contributed by atoms with Gasteiger partial charge in [-0.25, -0.2) is 9.97 Å². The van der Waals surface area contributed by atoms with Gasteiger partial charge in [0.2, 0.25) is 0 Å². The van der Waals surface area contributed by atoms with Crippen molar-refractivity contribution in [2.45, 2.75) is 51.9 Å². The molecule has 1 aromatic rings. The fraction of sp³-hybridized carbons (Fsp3) is 0.750. The van der Waals surface area contributed by atoms with Gasteiger partial charge in [0.1, 0.15) is 5.82 Å². The number of aryl methyl sites for hydroxylation is 2. The molecule has 4 nitrogen and oxygen atoms in total. The monoisotopic (exact) mass is 277 g/mol. The Morgan fingerprint density at radius 1 is 1.15 bits per heavy atom. The summed E-state index contributed by atoms with van der Waals surface area (Å²) >= 11 is 0.